The second kappa shape index (κ2) is 10.3. The number of thiocarbonyl (C=S) groups is 1. The molecule has 1 aromatic heterocycles. The first-order valence-corrected chi connectivity index (χ1v) is 12.1. The van der Waals surface area contributed by atoms with E-state index >= 15 is 0 Å². The topological polar surface area (TPSA) is 65.1 Å². The van der Waals surface area contributed by atoms with Crippen LogP contribution in [0.4, 0.5) is 17.5 Å². The van der Waals surface area contributed by atoms with Gasteiger partial charge in [0.2, 0.25) is 5.95 Å². The molecule has 174 valence electrons. The number of nitrogens with zero attached hydrogens (tertiary/aromatic N) is 3. The fraction of sp³-hybridized carbons (Fsp3) is 0.423. The molecular weight excluding hydrogens is 428 g/mol. The Balaban J connectivity index is 1.28. The monoisotopic (exact) mass is 462 g/mol. The minimum atomic E-state index is 0.400. The van der Waals surface area contributed by atoms with Gasteiger partial charge >= 0.3 is 0 Å². The Kier molecular flexibility index (Phi) is 7.28. The van der Waals surface area contributed by atoms with Crippen LogP contribution in [0.2, 0.25) is 0 Å². The fourth-order valence-corrected chi connectivity index (χ4v) is 4.63. The third-order valence-electron chi connectivity index (χ3n) is 6.38. The molecule has 0 bridgehead atoms. The molecule has 3 aromatic rings. The van der Waals surface area contributed by atoms with Crippen molar-refractivity contribution in [3.8, 4) is 0 Å². The van der Waals surface area contributed by atoms with Gasteiger partial charge in [0.25, 0.3) is 0 Å². The Hall–Kier alpha value is -2.93. The zero-order chi connectivity index (χ0) is 23.4. The summed E-state index contributed by atoms with van der Waals surface area (Å²) in [5, 5.41) is 12.1. The summed E-state index contributed by atoms with van der Waals surface area (Å²) in [5.74, 6) is 2.29. The van der Waals surface area contributed by atoms with Crippen molar-refractivity contribution in [3.63, 3.8) is 0 Å². The highest BCUT2D eigenvalue weighted by Gasteiger charge is 2.22. The van der Waals surface area contributed by atoms with Crippen LogP contribution in [0.3, 0.4) is 0 Å². The number of nitrogens with one attached hydrogen (secondary N) is 3. The summed E-state index contributed by atoms with van der Waals surface area (Å²) in [6.45, 7) is 5.10. The van der Waals surface area contributed by atoms with Gasteiger partial charge in [-0.1, -0.05) is 24.3 Å². The number of para-hydroxylation sites is 1. The minimum absolute atomic E-state index is 0.400. The van der Waals surface area contributed by atoms with Crippen LogP contribution in [-0.2, 0) is 0 Å². The summed E-state index contributed by atoms with van der Waals surface area (Å²) in [4.78, 5) is 11.6. The number of aryl methyl sites for hydroxylation is 2. The lowest BCUT2D eigenvalue weighted by atomic mass is 9.86. The number of hydrogen-bond acceptors (Lipinski definition) is 5. The van der Waals surface area contributed by atoms with Crippen molar-refractivity contribution in [3.05, 3.63) is 53.6 Å². The van der Waals surface area contributed by atoms with E-state index in [1.165, 1.54) is 11.1 Å². The molecule has 1 aliphatic carbocycles. The van der Waals surface area contributed by atoms with Crippen LogP contribution in [0.1, 0.15) is 36.8 Å². The summed E-state index contributed by atoms with van der Waals surface area (Å²) < 4.78 is 0. The largest absolute Gasteiger partial charge is 0.362 e. The number of benzene rings is 2. The average Bonchev–Trinajstić information content (AvgIpc) is 2.80. The van der Waals surface area contributed by atoms with Crippen molar-refractivity contribution in [2.75, 3.05) is 36.2 Å². The molecule has 3 N–H and O–H groups in total. The molecule has 0 spiro atoms. The lowest BCUT2D eigenvalue weighted by Crippen LogP contribution is -2.36. The van der Waals surface area contributed by atoms with Crippen LogP contribution >= 0.6 is 12.2 Å². The van der Waals surface area contributed by atoms with E-state index in [0.717, 1.165) is 60.6 Å². The summed E-state index contributed by atoms with van der Waals surface area (Å²) in [7, 11) is 4.05. The molecule has 1 aliphatic rings. The first kappa shape index (κ1) is 23.2. The smallest absolute Gasteiger partial charge is 0.225 e. The van der Waals surface area contributed by atoms with Gasteiger partial charge in [0.05, 0.1) is 5.52 Å². The summed E-state index contributed by atoms with van der Waals surface area (Å²) in [6.07, 6.45) is 4.53. The van der Waals surface area contributed by atoms with E-state index in [1.54, 1.807) is 0 Å². The maximum atomic E-state index is 5.53. The van der Waals surface area contributed by atoms with E-state index < -0.39 is 0 Å². The van der Waals surface area contributed by atoms with Crippen molar-refractivity contribution in [1.29, 1.82) is 0 Å². The first-order valence-electron chi connectivity index (χ1n) is 11.7. The second-order valence-electron chi connectivity index (χ2n) is 9.30. The molecule has 2 aromatic carbocycles. The van der Waals surface area contributed by atoms with Gasteiger partial charge in [-0.3, -0.25) is 0 Å². The minimum Gasteiger partial charge on any atom is -0.362 e. The van der Waals surface area contributed by atoms with Gasteiger partial charge in [-0.15, -0.1) is 0 Å². The van der Waals surface area contributed by atoms with E-state index in [0.29, 0.717) is 17.1 Å². The van der Waals surface area contributed by atoms with E-state index in [2.05, 4.69) is 54.1 Å². The molecule has 33 heavy (non-hydrogen) atoms. The van der Waals surface area contributed by atoms with Gasteiger partial charge < -0.3 is 20.9 Å². The van der Waals surface area contributed by atoms with Crippen molar-refractivity contribution in [2.24, 2.45) is 5.92 Å². The standard InChI is InChI=1S/C26H34N6S/c1-17-9-10-18(2)23(15-17)30-26(33)27-16-19-11-13-20(14-12-19)28-25-29-22-8-6-5-7-21(22)24(31-25)32(3)4/h5-10,15,19-20H,11-14,16H2,1-4H3,(H2,27,30,33)(H,28,29,31). The van der Waals surface area contributed by atoms with Gasteiger partial charge in [-0.05, 0) is 87.0 Å². The van der Waals surface area contributed by atoms with Crippen LogP contribution in [0, 0.1) is 19.8 Å². The van der Waals surface area contributed by atoms with Crippen LogP contribution in [0.25, 0.3) is 10.9 Å². The predicted molar refractivity (Wildman–Crippen MR) is 143 cm³/mol. The number of fused-ring (bicyclic) bond motifs is 1. The predicted octanol–water partition coefficient (Wildman–Crippen LogP) is 5.27. The molecule has 0 amide bonds. The van der Waals surface area contributed by atoms with E-state index in [-0.39, 0.29) is 0 Å². The molecule has 4 rings (SSSR count). The Morgan fingerprint density at radius 3 is 2.55 bits per heavy atom. The molecule has 0 aliphatic heterocycles. The number of hydrogen-bond donors (Lipinski definition) is 3. The second-order valence-corrected chi connectivity index (χ2v) is 9.71. The quantitative estimate of drug-likeness (QED) is 0.431. The molecule has 0 saturated heterocycles. The zero-order valence-electron chi connectivity index (χ0n) is 20.0. The lowest BCUT2D eigenvalue weighted by Gasteiger charge is -2.30. The van der Waals surface area contributed by atoms with Crippen molar-refractivity contribution < 1.29 is 0 Å². The summed E-state index contributed by atoms with van der Waals surface area (Å²) in [6, 6.07) is 15.0. The molecule has 1 fully saturated rings. The SMILES string of the molecule is Cc1ccc(C)c(NC(=S)NCC2CCC(Nc3nc(N(C)C)c4ccccc4n3)CC2)c1. The Morgan fingerprint density at radius 2 is 1.79 bits per heavy atom. The third kappa shape index (κ3) is 5.90. The fourth-order valence-electron chi connectivity index (χ4n) is 4.43. The van der Waals surface area contributed by atoms with Crippen LogP contribution in [0.5, 0.6) is 0 Å². The highest BCUT2D eigenvalue weighted by Crippen LogP contribution is 2.28. The molecule has 0 radical (unpaired) electrons. The van der Waals surface area contributed by atoms with Gasteiger partial charge in [0.15, 0.2) is 5.11 Å². The zero-order valence-corrected chi connectivity index (χ0v) is 20.8. The van der Waals surface area contributed by atoms with Crippen molar-refractivity contribution in [1.82, 2.24) is 15.3 Å². The van der Waals surface area contributed by atoms with E-state index in [4.69, 9.17) is 22.2 Å². The summed E-state index contributed by atoms with van der Waals surface area (Å²) >= 11 is 5.53. The van der Waals surface area contributed by atoms with Crippen LogP contribution in [-0.4, -0.2) is 41.8 Å². The Bertz CT molecular complexity index is 1120. The molecule has 1 heterocycles. The molecule has 7 heteroatoms. The van der Waals surface area contributed by atoms with Gasteiger partial charge in [0.1, 0.15) is 5.82 Å². The number of anilines is 3. The lowest BCUT2D eigenvalue weighted by molar-refractivity contribution is 0.336. The molecule has 6 nitrogen and oxygen atoms in total. The highest BCUT2D eigenvalue weighted by atomic mass is 32.1. The molecule has 0 unspecified atom stereocenters. The van der Waals surface area contributed by atoms with E-state index in [1.807, 2.05) is 37.2 Å². The highest BCUT2D eigenvalue weighted by molar-refractivity contribution is 7.80. The normalized spacial score (nSPS) is 18.1. The Morgan fingerprint density at radius 1 is 1.03 bits per heavy atom. The molecule has 1 saturated carbocycles. The van der Waals surface area contributed by atoms with Crippen LogP contribution < -0.4 is 20.9 Å². The third-order valence-corrected chi connectivity index (χ3v) is 6.63. The van der Waals surface area contributed by atoms with Crippen molar-refractivity contribution in [2.45, 2.75) is 45.6 Å². The summed E-state index contributed by atoms with van der Waals surface area (Å²) in [5.41, 5.74) is 4.48. The Labute approximate surface area is 202 Å². The maximum Gasteiger partial charge on any atom is 0.225 e. The van der Waals surface area contributed by atoms with Gasteiger partial charge in [0, 0.05) is 37.8 Å². The number of aromatic nitrogens is 2. The van der Waals surface area contributed by atoms with Crippen molar-refractivity contribution >= 4 is 45.7 Å². The average molecular weight is 463 g/mol. The van der Waals surface area contributed by atoms with Gasteiger partial charge in [-0.2, -0.15) is 4.98 Å². The first-order chi connectivity index (χ1) is 15.9. The number of rotatable bonds is 6. The van der Waals surface area contributed by atoms with E-state index in [9.17, 15) is 0 Å². The van der Waals surface area contributed by atoms with Crippen LogP contribution in [0.15, 0.2) is 42.5 Å². The van der Waals surface area contributed by atoms with Gasteiger partial charge in [-0.25, -0.2) is 4.98 Å². The maximum absolute atomic E-state index is 5.53. The molecular formula is C26H34N6S. The molecule has 0 atom stereocenters.